The van der Waals surface area contributed by atoms with Crippen molar-refractivity contribution in [1.82, 2.24) is 10.7 Å². The van der Waals surface area contributed by atoms with Crippen LogP contribution in [0.5, 0.6) is 0 Å². The number of nitrogens with one attached hydrogen (secondary N) is 2. The lowest BCUT2D eigenvalue weighted by Crippen LogP contribution is -2.22. The topological polar surface area (TPSA) is 36.4 Å². The standard InChI is InChI=1S/C7H14FN3/c1-3-7(8)5-9-6-11-10-4-2/h4,6-7,10H,2-3,5H2,1H3,(H,9,11). The van der Waals surface area contributed by atoms with E-state index in [9.17, 15) is 4.39 Å². The molecule has 11 heavy (non-hydrogen) atoms. The quantitative estimate of drug-likeness (QED) is 0.344. The molecule has 3 nitrogen and oxygen atoms in total. The third-order valence-electron chi connectivity index (χ3n) is 1.10. The Balaban J connectivity index is 3.18. The molecule has 0 aromatic carbocycles. The zero-order valence-corrected chi connectivity index (χ0v) is 6.68. The van der Waals surface area contributed by atoms with Gasteiger partial charge in [-0.3, -0.25) is 5.43 Å². The molecule has 0 aliphatic carbocycles. The first-order chi connectivity index (χ1) is 5.31. The molecule has 0 fully saturated rings. The Kier molecular flexibility index (Phi) is 6.37. The molecule has 64 valence electrons. The second kappa shape index (κ2) is 7.05. The van der Waals surface area contributed by atoms with Crippen molar-refractivity contribution < 1.29 is 4.39 Å². The van der Waals surface area contributed by atoms with Crippen LogP contribution in [0.3, 0.4) is 0 Å². The number of hydrogen-bond acceptors (Lipinski definition) is 2. The molecule has 1 atom stereocenters. The molecule has 0 saturated carbocycles. The Morgan fingerprint density at radius 2 is 2.45 bits per heavy atom. The van der Waals surface area contributed by atoms with Crippen molar-refractivity contribution in [3.8, 4) is 0 Å². The van der Waals surface area contributed by atoms with E-state index < -0.39 is 6.17 Å². The number of hydrazone groups is 1. The molecule has 1 unspecified atom stereocenters. The monoisotopic (exact) mass is 159 g/mol. The Morgan fingerprint density at radius 3 is 3.00 bits per heavy atom. The molecule has 0 rings (SSSR count). The average molecular weight is 159 g/mol. The maximum Gasteiger partial charge on any atom is 0.117 e. The maximum atomic E-state index is 12.5. The molecular formula is C7H14FN3. The first-order valence-corrected chi connectivity index (χ1v) is 3.56. The third-order valence-corrected chi connectivity index (χ3v) is 1.10. The first kappa shape index (κ1) is 9.94. The minimum atomic E-state index is -0.801. The van der Waals surface area contributed by atoms with Crippen LogP contribution in [0, 0.1) is 0 Å². The predicted molar refractivity (Wildman–Crippen MR) is 45.0 cm³/mol. The van der Waals surface area contributed by atoms with Gasteiger partial charge in [-0.05, 0) is 6.42 Å². The average Bonchev–Trinajstić information content (AvgIpc) is 2.04. The fourth-order valence-corrected chi connectivity index (χ4v) is 0.461. The van der Waals surface area contributed by atoms with Crippen LogP contribution in [-0.2, 0) is 0 Å². The van der Waals surface area contributed by atoms with Crippen molar-refractivity contribution in [1.29, 1.82) is 0 Å². The van der Waals surface area contributed by atoms with Crippen molar-refractivity contribution in [2.75, 3.05) is 6.54 Å². The Hall–Kier alpha value is -1.06. The second-order valence-electron chi connectivity index (χ2n) is 2.01. The molecule has 2 N–H and O–H groups in total. The van der Waals surface area contributed by atoms with Gasteiger partial charge in [0, 0.05) is 12.7 Å². The fraction of sp³-hybridized carbons (Fsp3) is 0.571. The van der Waals surface area contributed by atoms with Crippen LogP contribution in [0.15, 0.2) is 17.9 Å². The van der Waals surface area contributed by atoms with Crippen molar-refractivity contribution in [2.45, 2.75) is 19.5 Å². The summed E-state index contributed by atoms with van der Waals surface area (Å²) in [6.07, 6.45) is 2.56. The smallest absolute Gasteiger partial charge is 0.117 e. The molecular weight excluding hydrogens is 145 g/mol. The van der Waals surface area contributed by atoms with E-state index in [1.54, 1.807) is 6.92 Å². The summed E-state index contributed by atoms with van der Waals surface area (Å²) in [5.41, 5.74) is 2.49. The maximum absolute atomic E-state index is 12.5. The van der Waals surface area contributed by atoms with E-state index >= 15 is 0 Å². The molecule has 0 amide bonds. The van der Waals surface area contributed by atoms with E-state index in [2.05, 4.69) is 22.4 Å². The van der Waals surface area contributed by atoms with Crippen LogP contribution >= 0.6 is 0 Å². The normalized spacial score (nSPS) is 12.9. The van der Waals surface area contributed by atoms with Gasteiger partial charge >= 0.3 is 0 Å². The van der Waals surface area contributed by atoms with Gasteiger partial charge in [-0.25, -0.2) is 4.39 Å². The van der Waals surface area contributed by atoms with Crippen LogP contribution in [0.4, 0.5) is 4.39 Å². The lowest BCUT2D eigenvalue weighted by molar-refractivity contribution is 0.324. The molecule has 0 radical (unpaired) electrons. The molecule has 0 aromatic rings. The Labute approximate surface area is 66.4 Å². The molecule has 0 heterocycles. The Bertz CT molecular complexity index is 125. The largest absolute Gasteiger partial charge is 0.372 e. The predicted octanol–water partition coefficient (Wildman–Crippen LogP) is 1.00. The zero-order chi connectivity index (χ0) is 8.53. The molecule has 0 aliphatic rings. The summed E-state index contributed by atoms with van der Waals surface area (Å²) >= 11 is 0. The highest BCUT2D eigenvalue weighted by Crippen LogP contribution is 1.91. The highest BCUT2D eigenvalue weighted by Gasteiger charge is 1.98. The summed E-state index contributed by atoms with van der Waals surface area (Å²) in [4.78, 5) is 0. The summed E-state index contributed by atoms with van der Waals surface area (Å²) in [6, 6.07) is 0. The van der Waals surface area contributed by atoms with Crippen LogP contribution in [0.1, 0.15) is 13.3 Å². The molecule has 0 aliphatic heterocycles. The molecule has 0 spiro atoms. The van der Waals surface area contributed by atoms with Gasteiger partial charge in [0.25, 0.3) is 0 Å². The van der Waals surface area contributed by atoms with E-state index in [1.807, 2.05) is 0 Å². The van der Waals surface area contributed by atoms with Crippen molar-refractivity contribution in [3.63, 3.8) is 0 Å². The van der Waals surface area contributed by atoms with E-state index in [-0.39, 0.29) is 0 Å². The summed E-state index contributed by atoms with van der Waals surface area (Å²) in [6.45, 7) is 5.48. The van der Waals surface area contributed by atoms with Crippen LogP contribution < -0.4 is 10.7 Å². The Morgan fingerprint density at radius 1 is 1.73 bits per heavy atom. The molecule has 4 heteroatoms. The van der Waals surface area contributed by atoms with Gasteiger partial charge in [-0.2, -0.15) is 5.10 Å². The van der Waals surface area contributed by atoms with Gasteiger partial charge in [0.2, 0.25) is 0 Å². The fourth-order valence-electron chi connectivity index (χ4n) is 0.461. The van der Waals surface area contributed by atoms with Crippen molar-refractivity contribution in [3.05, 3.63) is 12.8 Å². The van der Waals surface area contributed by atoms with E-state index in [0.717, 1.165) is 0 Å². The second-order valence-corrected chi connectivity index (χ2v) is 2.01. The number of nitrogens with zero attached hydrogens (tertiary/aromatic N) is 1. The van der Waals surface area contributed by atoms with Crippen LogP contribution in [0.25, 0.3) is 0 Å². The van der Waals surface area contributed by atoms with Gasteiger partial charge < -0.3 is 5.32 Å². The zero-order valence-electron chi connectivity index (χ0n) is 6.68. The van der Waals surface area contributed by atoms with Gasteiger partial charge in [0.05, 0.1) is 0 Å². The summed E-state index contributed by atoms with van der Waals surface area (Å²) in [5.74, 6) is 0. The number of rotatable bonds is 6. The molecule has 0 bridgehead atoms. The van der Waals surface area contributed by atoms with E-state index in [0.29, 0.717) is 13.0 Å². The highest BCUT2D eigenvalue weighted by molar-refractivity contribution is 5.53. The third kappa shape index (κ3) is 6.83. The number of halogens is 1. The van der Waals surface area contributed by atoms with Crippen LogP contribution in [-0.4, -0.2) is 19.1 Å². The lowest BCUT2D eigenvalue weighted by atomic mass is 10.3. The van der Waals surface area contributed by atoms with Crippen molar-refractivity contribution in [2.24, 2.45) is 5.10 Å². The number of hydrogen-bond donors (Lipinski definition) is 2. The van der Waals surface area contributed by atoms with E-state index in [4.69, 9.17) is 0 Å². The molecule has 0 aromatic heterocycles. The minimum absolute atomic E-state index is 0.304. The summed E-state index contributed by atoms with van der Waals surface area (Å²) < 4.78 is 12.5. The highest BCUT2D eigenvalue weighted by atomic mass is 19.1. The van der Waals surface area contributed by atoms with Gasteiger partial charge in [-0.1, -0.05) is 13.5 Å². The summed E-state index contributed by atoms with van der Waals surface area (Å²) in [7, 11) is 0. The molecule has 0 saturated heterocycles. The van der Waals surface area contributed by atoms with Gasteiger partial charge in [-0.15, -0.1) is 0 Å². The minimum Gasteiger partial charge on any atom is -0.372 e. The SMILES string of the molecule is C=CN/N=C\NCC(F)CC. The first-order valence-electron chi connectivity index (χ1n) is 3.56. The lowest BCUT2D eigenvalue weighted by Gasteiger charge is -2.02. The van der Waals surface area contributed by atoms with Gasteiger partial charge in [0.1, 0.15) is 12.5 Å². The number of alkyl halides is 1. The van der Waals surface area contributed by atoms with Crippen LogP contribution in [0.2, 0.25) is 0 Å². The van der Waals surface area contributed by atoms with E-state index in [1.165, 1.54) is 12.5 Å². The summed E-state index contributed by atoms with van der Waals surface area (Å²) in [5, 5.41) is 6.32. The van der Waals surface area contributed by atoms with Gasteiger partial charge in [0.15, 0.2) is 0 Å². The van der Waals surface area contributed by atoms with Crippen molar-refractivity contribution >= 4 is 6.34 Å².